The summed E-state index contributed by atoms with van der Waals surface area (Å²) in [6.45, 7) is 8.05. The van der Waals surface area contributed by atoms with Crippen LogP contribution in [0.3, 0.4) is 0 Å². The highest BCUT2D eigenvalue weighted by molar-refractivity contribution is 5.89. The van der Waals surface area contributed by atoms with Crippen molar-refractivity contribution in [3.05, 3.63) is 11.6 Å². The molecule has 3 unspecified atom stereocenters. The maximum absolute atomic E-state index is 12.1. The zero-order valence-corrected chi connectivity index (χ0v) is 14.8. The highest BCUT2D eigenvalue weighted by Gasteiger charge is 2.48. The average molecular weight is 341 g/mol. The molecule has 136 valence electrons. The molecule has 2 aliphatic rings. The Hall–Kier alpha value is -1.60. The fourth-order valence-corrected chi connectivity index (χ4v) is 2.89. The summed E-state index contributed by atoms with van der Waals surface area (Å²) >= 11 is 0. The van der Waals surface area contributed by atoms with Crippen LogP contribution in [0.1, 0.15) is 47.0 Å². The molecule has 1 amide bonds. The highest BCUT2D eigenvalue weighted by Crippen LogP contribution is 2.36. The molecule has 0 spiro atoms. The molecule has 0 aromatic heterocycles. The van der Waals surface area contributed by atoms with Gasteiger partial charge in [0.25, 0.3) is 0 Å². The zero-order chi connectivity index (χ0) is 17.7. The minimum atomic E-state index is -0.776. The van der Waals surface area contributed by atoms with Crippen LogP contribution in [-0.4, -0.2) is 49.3 Å². The van der Waals surface area contributed by atoms with Crippen molar-refractivity contribution in [3.63, 3.8) is 0 Å². The first-order chi connectivity index (χ1) is 11.4. The Labute approximate surface area is 142 Å². The molecular weight excluding hydrogens is 314 g/mol. The van der Waals surface area contributed by atoms with E-state index in [9.17, 15) is 9.59 Å². The number of ether oxygens (including phenoxy) is 4. The molecule has 0 aromatic carbocycles. The lowest BCUT2D eigenvalue weighted by Gasteiger charge is -2.30. The van der Waals surface area contributed by atoms with Crippen molar-refractivity contribution in [1.29, 1.82) is 0 Å². The van der Waals surface area contributed by atoms with Crippen molar-refractivity contribution in [2.75, 3.05) is 13.2 Å². The number of unbranched alkanes of at least 4 members (excludes halogenated alkanes) is 1. The molecule has 0 bridgehead atoms. The Kier molecular flexibility index (Phi) is 6.23. The monoisotopic (exact) mass is 341 g/mol. The fraction of sp³-hybridized carbons (Fsp3) is 0.765. The van der Waals surface area contributed by atoms with Gasteiger partial charge in [-0.25, -0.2) is 9.59 Å². The van der Waals surface area contributed by atoms with Crippen LogP contribution >= 0.6 is 0 Å². The maximum atomic E-state index is 12.1. The Bertz CT molecular complexity index is 501. The lowest BCUT2D eigenvalue weighted by molar-refractivity contribution is -0.144. The summed E-state index contributed by atoms with van der Waals surface area (Å²) in [7, 11) is 0. The topological polar surface area (TPSA) is 83.1 Å². The standard InChI is InChI=1S/C17H27NO6/c1-5-7-8-22-16(20)18-12-9-11(15(19)21-6-2)10-13-14(12)24-17(3,4)23-13/h10,12-14H,5-9H2,1-4H3,(H,18,20). The van der Waals surface area contributed by atoms with E-state index in [2.05, 4.69) is 5.32 Å². The zero-order valence-electron chi connectivity index (χ0n) is 14.8. The Morgan fingerprint density at radius 3 is 2.71 bits per heavy atom. The lowest BCUT2D eigenvalue weighted by atomic mass is 9.90. The molecule has 0 radical (unpaired) electrons. The van der Waals surface area contributed by atoms with E-state index in [0.29, 0.717) is 25.2 Å². The van der Waals surface area contributed by atoms with Gasteiger partial charge in [-0.3, -0.25) is 0 Å². The summed E-state index contributed by atoms with van der Waals surface area (Å²) in [5.74, 6) is -1.17. The van der Waals surface area contributed by atoms with E-state index in [1.165, 1.54) is 0 Å². The van der Waals surface area contributed by atoms with Crippen LogP contribution in [0.2, 0.25) is 0 Å². The average Bonchev–Trinajstić information content (AvgIpc) is 2.82. The van der Waals surface area contributed by atoms with Crippen LogP contribution in [0.5, 0.6) is 0 Å². The van der Waals surface area contributed by atoms with E-state index in [1.807, 2.05) is 6.92 Å². The van der Waals surface area contributed by atoms with Gasteiger partial charge < -0.3 is 24.3 Å². The van der Waals surface area contributed by atoms with Gasteiger partial charge in [0.1, 0.15) is 12.2 Å². The molecule has 0 aromatic rings. The Morgan fingerprint density at radius 2 is 2.04 bits per heavy atom. The SMILES string of the molecule is CCCCOC(=O)NC1CC(C(=O)OCC)=CC2OC(C)(C)OC12. The summed E-state index contributed by atoms with van der Waals surface area (Å²) in [5.41, 5.74) is 0.484. The van der Waals surface area contributed by atoms with Crippen LogP contribution in [0, 0.1) is 0 Å². The van der Waals surface area contributed by atoms with Gasteiger partial charge >= 0.3 is 12.1 Å². The summed E-state index contributed by atoms with van der Waals surface area (Å²) in [4.78, 5) is 24.0. The predicted molar refractivity (Wildman–Crippen MR) is 86.3 cm³/mol. The number of nitrogens with one attached hydrogen (secondary N) is 1. The number of rotatable bonds is 6. The number of hydrogen-bond acceptors (Lipinski definition) is 6. The van der Waals surface area contributed by atoms with Crippen LogP contribution in [-0.2, 0) is 23.7 Å². The summed E-state index contributed by atoms with van der Waals surface area (Å²) < 4.78 is 21.9. The van der Waals surface area contributed by atoms with E-state index >= 15 is 0 Å². The molecule has 7 heteroatoms. The van der Waals surface area contributed by atoms with Crippen molar-refractivity contribution in [3.8, 4) is 0 Å². The van der Waals surface area contributed by atoms with Crippen molar-refractivity contribution < 1.29 is 28.5 Å². The number of hydrogen-bond donors (Lipinski definition) is 1. The summed E-state index contributed by atoms with van der Waals surface area (Å²) in [5, 5.41) is 2.80. The third-order valence-corrected chi connectivity index (χ3v) is 3.94. The first-order valence-electron chi connectivity index (χ1n) is 8.53. The molecule has 24 heavy (non-hydrogen) atoms. The Morgan fingerprint density at radius 1 is 1.29 bits per heavy atom. The number of amides is 1. The van der Waals surface area contributed by atoms with E-state index < -0.39 is 30.0 Å². The molecule has 0 saturated carbocycles. The fourth-order valence-electron chi connectivity index (χ4n) is 2.89. The maximum Gasteiger partial charge on any atom is 0.407 e. The normalized spacial score (nSPS) is 27.8. The highest BCUT2D eigenvalue weighted by atomic mass is 16.8. The third kappa shape index (κ3) is 4.70. The van der Waals surface area contributed by atoms with Crippen molar-refractivity contribution in [1.82, 2.24) is 5.32 Å². The van der Waals surface area contributed by atoms with Crippen molar-refractivity contribution in [2.24, 2.45) is 0 Å². The van der Waals surface area contributed by atoms with Gasteiger partial charge in [-0.1, -0.05) is 13.3 Å². The number of fused-ring (bicyclic) bond motifs is 1. The molecule has 3 atom stereocenters. The number of esters is 1. The van der Waals surface area contributed by atoms with Crippen LogP contribution in [0.15, 0.2) is 11.6 Å². The smallest absolute Gasteiger partial charge is 0.407 e. The second-order valence-corrected chi connectivity index (χ2v) is 6.42. The number of carbonyl (C=O) groups excluding carboxylic acids is 2. The molecule has 1 aliphatic carbocycles. The summed E-state index contributed by atoms with van der Waals surface area (Å²) in [6.07, 6.45) is 2.53. The van der Waals surface area contributed by atoms with Crippen LogP contribution < -0.4 is 5.32 Å². The van der Waals surface area contributed by atoms with E-state index in [-0.39, 0.29) is 6.10 Å². The van der Waals surface area contributed by atoms with Gasteiger partial charge in [-0.05, 0) is 33.3 Å². The van der Waals surface area contributed by atoms with E-state index in [0.717, 1.165) is 12.8 Å². The Balaban J connectivity index is 2.07. The number of carbonyl (C=O) groups is 2. The minimum Gasteiger partial charge on any atom is -0.463 e. The third-order valence-electron chi connectivity index (χ3n) is 3.94. The minimum absolute atomic E-state index is 0.296. The van der Waals surface area contributed by atoms with Gasteiger partial charge in [-0.15, -0.1) is 0 Å². The molecule has 1 N–H and O–H groups in total. The van der Waals surface area contributed by atoms with E-state index in [4.69, 9.17) is 18.9 Å². The molecule has 2 rings (SSSR count). The second-order valence-electron chi connectivity index (χ2n) is 6.42. The summed E-state index contributed by atoms with van der Waals surface area (Å²) in [6, 6.07) is -0.407. The first kappa shape index (κ1) is 18.7. The van der Waals surface area contributed by atoms with Crippen LogP contribution in [0.4, 0.5) is 4.79 Å². The molecule has 1 aliphatic heterocycles. The molecule has 1 fully saturated rings. The van der Waals surface area contributed by atoms with Gasteiger partial charge in [-0.2, -0.15) is 0 Å². The van der Waals surface area contributed by atoms with Gasteiger partial charge in [0.15, 0.2) is 5.79 Å². The number of alkyl carbamates (subject to hydrolysis) is 1. The first-order valence-corrected chi connectivity index (χ1v) is 8.53. The molecular formula is C17H27NO6. The van der Waals surface area contributed by atoms with Gasteiger partial charge in [0.2, 0.25) is 0 Å². The quantitative estimate of drug-likeness (QED) is 0.589. The molecule has 1 saturated heterocycles. The lowest BCUT2D eigenvalue weighted by Crippen LogP contribution is -2.50. The van der Waals surface area contributed by atoms with E-state index in [1.54, 1.807) is 26.8 Å². The molecule has 1 heterocycles. The van der Waals surface area contributed by atoms with Gasteiger partial charge in [0.05, 0.1) is 19.3 Å². The van der Waals surface area contributed by atoms with Crippen molar-refractivity contribution >= 4 is 12.1 Å². The predicted octanol–water partition coefficient (Wildman–Crippen LogP) is 2.29. The van der Waals surface area contributed by atoms with Gasteiger partial charge in [0, 0.05) is 12.0 Å². The van der Waals surface area contributed by atoms with Crippen LogP contribution in [0.25, 0.3) is 0 Å². The second kappa shape index (κ2) is 7.98. The van der Waals surface area contributed by atoms with Crippen molar-refractivity contribution in [2.45, 2.75) is 71.0 Å². The molecule has 7 nitrogen and oxygen atoms in total. The largest absolute Gasteiger partial charge is 0.463 e.